The van der Waals surface area contributed by atoms with Gasteiger partial charge < -0.3 is 4.74 Å². The highest BCUT2D eigenvalue weighted by atomic mass is 16.5. The normalized spacial score (nSPS) is 13.0. The molecule has 2 heterocycles. The second-order valence-electron chi connectivity index (χ2n) is 6.01. The third-order valence-electron chi connectivity index (χ3n) is 4.46. The van der Waals surface area contributed by atoms with Gasteiger partial charge in [-0.15, -0.1) is 0 Å². The zero-order valence-corrected chi connectivity index (χ0v) is 14.7. The van der Waals surface area contributed by atoms with Crippen molar-refractivity contribution in [3.63, 3.8) is 0 Å². The Bertz CT molecular complexity index is 1050. The SMILES string of the molecule is COC(=O)c1nc(-c2ccccc2)n(N2C(=O)c3ccccc3C2=O)c1C. The molecule has 0 fully saturated rings. The van der Waals surface area contributed by atoms with Crippen LogP contribution in [0.25, 0.3) is 11.4 Å². The van der Waals surface area contributed by atoms with E-state index in [1.165, 1.54) is 11.8 Å². The number of methoxy groups -OCH3 is 1. The number of carbonyl (C=O) groups excluding carboxylic acids is 3. The van der Waals surface area contributed by atoms with Crippen LogP contribution in [0, 0.1) is 6.92 Å². The van der Waals surface area contributed by atoms with Gasteiger partial charge in [0.2, 0.25) is 0 Å². The smallest absolute Gasteiger partial charge is 0.358 e. The molecule has 0 radical (unpaired) electrons. The third-order valence-corrected chi connectivity index (χ3v) is 4.46. The molecule has 3 aromatic rings. The molecule has 1 aliphatic heterocycles. The number of benzene rings is 2. The number of fused-ring (bicyclic) bond motifs is 1. The minimum Gasteiger partial charge on any atom is -0.464 e. The predicted octanol–water partition coefficient (Wildman–Crippen LogP) is 2.58. The van der Waals surface area contributed by atoms with Gasteiger partial charge in [-0.2, -0.15) is 5.01 Å². The maximum atomic E-state index is 12.9. The third kappa shape index (κ3) is 2.43. The van der Waals surface area contributed by atoms with Gasteiger partial charge in [-0.1, -0.05) is 42.5 Å². The second-order valence-corrected chi connectivity index (χ2v) is 6.01. The summed E-state index contributed by atoms with van der Waals surface area (Å²) in [6.07, 6.45) is 0. The molecule has 0 saturated heterocycles. The largest absolute Gasteiger partial charge is 0.464 e. The summed E-state index contributed by atoms with van der Waals surface area (Å²) in [6.45, 7) is 1.62. The Kier molecular flexibility index (Phi) is 3.84. The molecule has 0 N–H and O–H groups in total. The molecule has 0 atom stereocenters. The van der Waals surface area contributed by atoms with Crippen molar-refractivity contribution in [2.24, 2.45) is 0 Å². The van der Waals surface area contributed by atoms with Crippen LogP contribution in [0.3, 0.4) is 0 Å². The molecular formula is C20H15N3O4. The summed E-state index contributed by atoms with van der Waals surface area (Å²) >= 11 is 0. The summed E-state index contributed by atoms with van der Waals surface area (Å²) in [5.74, 6) is -1.27. The number of hydrogen-bond acceptors (Lipinski definition) is 5. The minimum atomic E-state index is -0.639. The van der Waals surface area contributed by atoms with Gasteiger partial charge >= 0.3 is 5.97 Å². The van der Waals surface area contributed by atoms with Crippen LogP contribution in [0.5, 0.6) is 0 Å². The van der Waals surface area contributed by atoms with E-state index >= 15 is 0 Å². The van der Waals surface area contributed by atoms with Gasteiger partial charge in [0.15, 0.2) is 11.5 Å². The molecule has 0 unspecified atom stereocenters. The summed E-state index contributed by atoms with van der Waals surface area (Å²) in [4.78, 5) is 42.4. The first-order valence-electron chi connectivity index (χ1n) is 8.25. The van der Waals surface area contributed by atoms with Gasteiger partial charge in [-0.05, 0) is 19.1 Å². The maximum Gasteiger partial charge on any atom is 0.358 e. The number of carbonyl (C=O) groups is 3. The molecule has 0 bridgehead atoms. The first-order valence-corrected chi connectivity index (χ1v) is 8.25. The first kappa shape index (κ1) is 16.7. The van der Waals surface area contributed by atoms with Crippen LogP contribution < -0.4 is 5.01 Å². The molecule has 27 heavy (non-hydrogen) atoms. The van der Waals surface area contributed by atoms with Gasteiger partial charge in [0, 0.05) is 5.56 Å². The highest BCUT2D eigenvalue weighted by molar-refractivity contribution is 6.30. The molecule has 0 saturated carbocycles. The lowest BCUT2D eigenvalue weighted by atomic mass is 10.1. The lowest BCUT2D eigenvalue weighted by Gasteiger charge is -2.19. The van der Waals surface area contributed by atoms with E-state index < -0.39 is 17.8 Å². The van der Waals surface area contributed by atoms with Crippen molar-refractivity contribution < 1.29 is 19.1 Å². The van der Waals surface area contributed by atoms with Crippen LogP contribution in [0.2, 0.25) is 0 Å². The zero-order chi connectivity index (χ0) is 19.1. The summed E-state index contributed by atoms with van der Waals surface area (Å²) in [7, 11) is 1.25. The Morgan fingerprint density at radius 1 is 0.926 bits per heavy atom. The molecule has 1 aromatic heterocycles. The van der Waals surface area contributed by atoms with Crippen molar-refractivity contribution in [1.29, 1.82) is 0 Å². The van der Waals surface area contributed by atoms with Crippen LogP contribution in [-0.4, -0.2) is 34.6 Å². The number of imidazole rings is 1. The highest BCUT2D eigenvalue weighted by Gasteiger charge is 2.39. The molecule has 7 nitrogen and oxygen atoms in total. The van der Waals surface area contributed by atoms with Crippen molar-refractivity contribution >= 4 is 17.8 Å². The Labute approximate surface area is 154 Å². The van der Waals surface area contributed by atoms with E-state index in [0.29, 0.717) is 28.2 Å². The molecule has 7 heteroatoms. The Hall–Kier alpha value is -3.74. The number of nitrogens with zero attached hydrogens (tertiary/aromatic N) is 3. The fourth-order valence-electron chi connectivity index (χ4n) is 3.16. The van der Waals surface area contributed by atoms with Crippen LogP contribution in [0.15, 0.2) is 54.6 Å². The van der Waals surface area contributed by atoms with E-state index in [0.717, 1.165) is 5.01 Å². The van der Waals surface area contributed by atoms with Crippen LogP contribution in [-0.2, 0) is 4.74 Å². The van der Waals surface area contributed by atoms with Gasteiger partial charge in [0.25, 0.3) is 11.8 Å². The predicted molar refractivity (Wildman–Crippen MR) is 97.1 cm³/mol. The van der Waals surface area contributed by atoms with Crippen LogP contribution in [0.1, 0.15) is 36.9 Å². The van der Waals surface area contributed by atoms with E-state index in [4.69, 9.17) is 4.74 Å². The van der Waals surface area contributed by atoms with E-state index in [9.17, 15) is 14.4 Å². The zero-order valence-electron chi connectivity index (χ0n) is 14.7. The minimum absolute atomic E-state index is 0.0490. The molecule has 4 rings (SSSR count). The van der Waals surface area contributed by atoms with Crippen molar-refractivity contribution in [3.05, 3.63) is 77.1 Å². The number of ether oxygens (including phenoxy) is 1. The van der Waals surface area contributed by atoms with Crippen molar-refractivity contribution in [3.8, 4) is 11.4 Å². The summed E-state index contributed by atoms with van der Waals surface area (Å²) < 4.78 is 6.18. The van der Waals surface area contributed by atoms with E-state index in [2.05, 4.69) is 4.98 Å². The fourth-order valence-corrected chi connectivity index (χ4v) is 3.16. The molecule has 0 spiro atoms. The quantitative estimate of drug-likeness (QED) is 0.529. The number of amides is 2. The van der Waals surface area contributed by atoms with Gasteiger partial charge in [-0.25, -0.2) is 14.5 Å². The Balaban J connectivity index is 1.95. The van der Waals surface area contributed by atoms with Crippen LogP contribution in [0.4, 0.5) is 0 Å². The van der Waals surface area contributed by atoms with Gasteiger partial charge in [0.05, 0.1) is 23.9 Å². The second kappa shape index (κ2) is 6.21. The van der Waals surface area contributed by atoms with E-state index in [1.807, 2.05) is 18.2 Å². The molecule has 2 aromatic carbocycles. The number of aromatic nitrogens is 2. The number of rotatable bonds is 3. The molecule has 0 aliphatic carbocycles. The van der Waals surface area contributed by atoms with E-state index in [1.54, 1.807) is 43.3 Å². The van der Waals surface area contributed by atoms with Crippen LogP contribution >= 0.6 is 0 Å². The van der Waals surface area contributed by atoms with Crippen molar-refractivity contribution in [1.82, 2.24) is 9.66 Å². The highest BCUT2D eigenvalue weighted by Crippen LogP contribution is 2.28. The molecular weight excluding hydrogens is 346 g/mol. The standard InChI is InChI=1S/C20H15N3O4/c1-12-16(20(26)27-2)21-17(13-8-4-3-5-9-13)22(12)23-18(24)14-10-6-7-11-15(14)19(23)25/h3-11H,1-2H3. The average Bonchev–Trinajstić information content (AvgIpc) is 3.16. The van der Waals surface area contributed by atoms with Crippen molar-refractivity contribution in [2.75, 3.05) is 12.1 Å². The summed E-state index contributed by atoms with van der Waals surface area (Å²) in [6, 6.07) is 15.6. The lowest BCUT2D eigenvalue weighted by Crippen LogP contribution is -2.41. The number of esters is 1. The molecule has 134 valence electrons. The Morgan fingerprint density at radius 3 is 2.04 bits per heavy atom. The molecule has 2 amide bonds. The number of hydrogen-bond donors (Lipinski definition) is 0. The summed E-state index contributed by atoms with van der Waals surface area (Å²) in [5, 5.41) is 1.02. The van der Waals surface area contributed by atoms with Crippen molar-refractivity contribution in [2.45, 2.75) is 6.92 Å². The topological polar surface area (TPSA) is 81.5 Å². The van der Waals surface area contributed by atoms with Gasteiger partial charge in [0.1, 0.15) is 0 Å². The van der Waals surface area contributed by atoms with Gasteiger partial charge in [-0.3, -0.25) is 9.59 Å². The number of imide groups is 1. The molecule has 1 aliphatic rings. The Morgan fingerprint density at radius 2 is 1.48 bits per heavy atom. The monoisotopic (exact) mass is 361 g/mol. The summed E-state index contributed by atoms with van der Waals surface area (Å²) in [5.41, 5.74) is 1.68. The maximum absolute atomic E-state index is 12.9. The first-order chi connectivity index (χ1) is 13.0. The fraction of sp³-hybridized carbons (Fsp3) is 0.100. The average molecular weight is 361 g/mol. The van der Waals surface area contributed by atoms with E-state index in [-0.39, 0.29) is 5.69 Å². The lowest BCUT2D eigenvalue weighted by molar-refractivity contribution is 0.0592.